The molecule has 0 saturated carbocycles. The molecule has 0 fully saturated rings. The van der Waals surface area contributed by atoms with Gasteiger partial charge in [-0.05, 0) is 31.6 Å². The largest absolute Gasteiger partial charge is 0.103 e. The van der Waals surface area contributed by atoms with Gasteiger partial charge in [-0.1, -0.05) is 18.2 Å². The van der Waals surface area contributed by atoms with Crippen molar-refractivity contribution in [3.05, 3.63) is 31.2 Å². The summed E-state index contributed by atoms with van der Waals surface area (Å²) in [6.07, 6.45) is 12.5. The van der Waals surface area contributed by atoms with Crippen molar-refractivity contribution >= 4 is 0 Å². The summed E-state index contributed by atoms with van der Waals surface area (Å²) in [6, 6.07) is 0. The Hall–Kier alpha value is -0.520. The molecule has 9 heavy (non-hydrogen) atoms. The smallest absolute Gasteiger partial charge is 0.0168 e. The van der Waals surface area contributed by atoms with Crippen LogP contribution in [0.25, 0.3) is 0 Å². The zero-order valence-electron chi connectivity index (χ0n) is 5.72. The fourth-order valence-electron chi connectivity index (χ4n) is 1.12. The third-order valence-corrected chi connectivity index (χ3v) is 1.62. The Morgan fingerprint density at radius 3 is 3.00 bits per heavy atom. The van der Waals surface area contributed by atoms with E-state index in [1.54, 1.807) is 0 Å². The number of allylic oxidation sites excluding steroid dienone is 3. The first kappa shape index (κ1) is 6.60. The second kappa shape index (κ2) is 3.49. The maximum atomic E-state index is 3.70. The summed E-state index contributed by atoms with van der Waals surface area (Å²) in [5, 5.41) is 0. The number of rotatable bonds is 2. The Bertz CT molecular complexity index is 111. The van der Waals surface area contributed by atoms with E-state index < -0.39 is 0 Å². The molecule has 0 aromatic heterocycles. The molecule has 0 spiro atoms. The molecule has 1 rings (SSSR count). The van der Waals surface area contributed by atoms with Crippen LogP contribution in [0.3, 0.4) is 0 Å². The number of hydrogen-bond acceptors (Lipinski definition) is 0. The van der Waals surface area contributed by atoms with Crippen molar-refractivity contribution in [2.45, 2.75) is 19.3 Å². The van der Waals surface area contributed by atoms with Gasteiger partial charge in [0, 0.05) is 0 Å². The third kappa shape index (κ3) is 2.05. The normalized spacial score (nSPS) is 26.0. The van der Waals surface area contributed by atoms with Gasteiger partial charge in [0.1, 0.15) is 0 Å². The Morgan fingerprint density at radius 2 is 2.44 bits per heavy atom. The zero-order valence-corrected chi connectivity index (χ0v) is 5.72. The fourth-order valence-corrected chi connectivity index (χ4v) is 1.12. The first-order valence-corrected chi connectivity index (χ1v) is 3.54. The topological polar surface area (TPSA) is 0 Å². The molecule has 0 saturated heterocycles. The van der Waals surface area contributed by atoms with E-state index in [0.29, 0.717) is 5.92 Å². The van der Waals surface area contributed by atoms with Crippen LogP contribution in [-0.4, -0.2) is 0 Å². The van der Waals surface area contributed by atoms with Gasteiger partial charge in [0.15, 0.2) is 0 Å². The summed E-state index contributed by atoms with van der Waals surface area (Å²) < 4.78 is 0. The van der Waals surface area contributed by atoms with E-state index in [-0.39, 0.29) is 0 Å². The first-order valence-electron chi connectivity index (χ1n) is 3.54. The van der Waals surface area contributed by atoms with Crippen molar-refractivity contribution in [1.29, 1.82) is 0 Å². The number of hydrogen-bond donors (Lipinski definition) is 0. The molecule has 1 atom stereocenters. The molecule has 0 nitrogen and oxygen atoms in total. The molecule has 1 aliphatic carbocycles. The van der Waals surface area contributed by atoms with Crippen LogP contribution >= 0.6 is 0 Å². The lowest BCUT2D eigenvalue weighted by Gasteiger charge is -2.12. The maximum absolute atomic E-state index is 3.70. The van der Waals surface area contributed by atoms with Gasteiger partial charge in [-0.15, -0.1) is 6.58 Å². The molecule has 1 aliphatic rings. The summed E-state index contributed by atoms with van der Waals surface area (Å²) in [6.45, 7) is 3.70. The average molecular weight is 121 g/mol. The minimum atomic E-state index is 0.677. The SMILES string of the molecule is C=CCC1[CH]CCC=C1. The van der Waals surface area contributed by atoms with Crippen LogP contribution in [-0.2, 0) is 0 Å². The van der Waals surface area contributed by atoms with Crippen LogP contribution in [0.15, 0.2) is 24.8 Å². The van der Waals surface area contributed by atoms with Crippen LogP contribution in [0.4, 0.5) is 0 Å². The first-order chi connectivity index (χ1) is 4.43. The molecular weight excluding hydrogens is 108 g/mol. The highest BCUT2D eigenvalue weighted by atomic mass is 14.1. The Labute approximate surface area is 57.3 Å². The summed E-state index contributed by atoms with van der Waals surface area (Å²) in [5.41, 5.74) is 0. The maximum Gasteiger partial charge on any atom is -0.0168 e. The fraction of sp³-hybridized carbons (Fsp3) is 0.444. The predicted octanol–water partition coefficient (Wildman–Crippen LogP) is 2.73. The summed E-state index contributed by atoms with van der Waals surface area (Å²) in [5.74, 6) is 0.677. The van der Waals surface area contributed by atoms with Gasteiger partial charge in [-0.25, -0.2) is 0 Å². The zero-order chi connectivity index (χ0) is 6.53. The molecule has 0 bridgehead atoms. The summed E-state index contributed by atoms with van der Waals surface area (Å²) in [4.78, 5) is 0. The third-order valence-electron chi connectivity index (χ3n) is 1.62. The second-order valence-corrected chi connectivity index (χ2v) is 2.43. The Kier molecular flexibility index (Phi) is 2.56. The lowest BCUT2D eigenvalue weighted by molar-refractivity contribution is 0.684. The molecular formula is C9H13. The molecule has 49 valence electrons. The standard InChI is InChI=1S/C9H13/c1-2-6-9-7-4-3-5-8-9/h2,4,7-9H,1,3,5-6H2. The van der Waals surface area contributed by atoms with E-state index in [4.69, 9.17) is 0 Å². The van der Waals surface area contributed by atoms with E-state index in [1.165, 1.54) is 12.8 Å². The monoisotopic (exact) mass is 121 g/mol. The molecule has 0 N–H and O–H groups in total. The lowest BCUT2D eigenvalue weighted by atomic mass is 9.93. The van der Waals surface area contributed by atoms with Crippen LogP contribution < -0.4 is 0 Å². The molecule has 1 unspecified atom stereocenters. The predicted molar refractivity (Wildman–Crippen MR) is 41.0 cm³/mol. The van der Waals surface area contributed by atoms with Crippen LogP contribution in [0.2, 0.25) is 0 Å². The van der Waals surface area contributed by atoms with Crippen molar-refractivity contribution in [2.24, 2.45) is 5.92 Å². The molecule has 0 heterocycles. The van der Waals surface area contributed by atoms with Crippen LogP contribution in [0.5, 0.6) is 0 Å². The van der Waals surface area contributed by atoms with Crippen molar-refractivity contribution in [1.82, 2.24) is 0 Å². The van der Waals surface area contributed by atoms with Crippen LogP contribution in [0, 0.1) is 12.3 Å². The van der Waals surface area contributed by atoms with Gasteiger partial charge in [0.05, 0.1) is 0 Å². The van der Waals surface area contributed by atoms with Crippen LogP contribution in [0.1, 0.15) is 19.3 Å². The lowest BCUT2D eigenvalue weighted by Crippen LogP contribution is -1.99. The molecule has 0 amide bonds. The summed E-state index contributed by atoms with van der Waals surface area (Å²) in [7, 11) is 0. The van der Waals surface area contributed by atoms with E-state index in [2.05, 4.69) is 25.2 Å². The molecule has 0 aromatic rings. The average Bonchev–Trinajstić information content (AvgIpc) is 1.91. The van der Waals surface area contributed by atoms with Crippen molar-refractivity contribution < 1.29 is 0 Å². The molecule has 1 radical (unpaired) electrons. The van der Waals surface area contributed by atoms with E-state index in [1.807, 2.05) is 6.08 Å². The van der Waals surface area contributed by atoms with Crippen molar-refractivity contribution in [3.63, 3.8) is 0 Å². The Balaban J connectivity index is 2.31. The highest BCUT2D eigenvalue weighted by Crippen LogP contribution is 2.18. The van der Waals surface area contributed by atoms with Crippen molar-refractivity contribution in [2.75, 3.05) is 0 Å². The van der Waals surface area contributed by atoms with E-state index in [0.717, 1.165) is 6.42 Å². The van der Waals surface area contributed by atoms with Gasteiger partial charge < -0.3 is 0 Å². The minimum Gasteiger partial charge on any atom is -0.103 e. The van der Waals surface area contributed by atoms with E-state index >= 15 is 0 Å². The molecule has 0 aromatic carbocycles. The van der Waals surface area contributed by atoms with Gasteiger partial charge in [-0.3, -0.25) is 0 Å². The Morgan fingerprint density at radius 1 is 1.56 bits per heavy atom. The summed E-state index contributed by atoms with van der Waals surface area (Å²) >= 11 is 0. The van der Waals surface area contributed by atoms with Gasteiger partial charge in [0.2, 0.25) is 0 Å². The highest BCUT2D eigenvalue weighted by molar-refractivity contribution is 5.02. The van der Waals surface area contributed by atoms with Gasteiger partial charge in [0.25, 0.3) is 0 Å². The van der Waals surface area contributed by atoms with Gasteiger partial charge in [-0.2, -0.15) is 0 Å². The second-order valence-electron chi connectivity index (χ2n) is 2.43. The van der Waals surface area contributed by atoms with Gasteiger partial charge >= 0.3 is 0 Å². The van der Waals surface area contributed by atoms with Crippen molar-refractivity contribution in [3.8, 4) is 0 Å². The minimum absolute atomic E-state index is 0.677. The molecule has 0 aliphatic heterocycles. The molecule has 0 heteroatoms. The van der Waals surface area contributed by atoms with E-state index in [9.17, 15) is 0 Å². The quantitative estimate of drug-likeness (QED) is 0.493. The highest BCUT2D eigenvalue weighted by Gasteiger charge is 2.04.